The molecule has 24 heavy (non-hydrogen) atoms. The van der Waals surface area contributed by atoms with E-state index < -0.39 is 27.1 Å². The van der Waals surface area contributed by atoms with E-state index in [1.165, 1.54) is 30.3 Å². The molecule has 1 amide bonds. The Morgan fingerprint density at radius 1 is 0.917 bits per heavy atom. The van der Waals surface area contributed by atoms with Gasteiger partial charge in [-0.3, -0.25) is 4.79 Å². The van der Waals surface area contributed by atoms with Crippen molar-refractivity contribution in [1.29, 1.82) is 0 Å². The number of amides is 1. The number of sulfonamides is 1. The minimum Gasteiger partial charge on any atom is -0.258 e. The molecule has 0 fully saturated rings. The van der Waals surface area contributed by atoms with Crippen LogP contribution in [0.2, 0.25) is 0 Å². The Labute approximate surface area is 136 Å². The fourth-order valence-electron chi connectivity index (χ4n) is 1.73. The Hall–Kier alpha value is -2.79. The summed E-state index contributed by atoms with van der Waals surface area (Å²) in [5, 5.41) is 0. The molecule has 0 saturated heterocycles. The summed E-state index contributed by atoms with van der Waals surface area (Å²) in [4.78, 5) is 12.1. The normalized spacial score (nSPS) is 11.3. The summed E-state index contributed by atoms with van der Waals surface area (Å²) in [7, 11) is -5.91. The van der Waals surface area contributed by atoms with Crippen LogP contribution in [-0.4, -0.2) is 19.8 Å². The molecule has 124 valence electrons. The summed E-state index contributed by atoms with van der Waals surface area (Å²) in [6, 6.07) is 14.2. The maximum atomic E-state index is 12.9. The first kappa shape index (κ1) is 17.6. The Balaban J connectivity index is 2.49. The van der Waals surface area contributed by atoms with Gasteiger partial charge in [0.05, 0.1) is 5.69 Å². The average molecular weight is 353 g/mol. The van der Waals surface area contributed by atoms with Crippen LogP contribution in [0.3, 0.4) is 0 Å². The third kappa shape index (κ3) is 3.75. The van der Waals surface area contributed by atoms with E-state index in [-0.39, 0.29) is 4.31 Å². The third-order valence-corrected chi connectivity index (χ3v) is 4.24. The number of benzene rings is 2. The van der Waals surface area contributed by atoms with E-state index in [0.717, 1.165) is 12.1 Å². The van der Waals surface area contributed by atoms with Crippen molar-refractivity contribution in [2.24, 2.45) is 0 Å². The van der Waals surface area contributed by atoms with Gasteiger partial charge in [-0.2, -0.15) is 25.9 Å². The molecule has 0 heterocycles. The summed E-state index contributed by atoms with van der Waals surface area (Å²) in [5.41, 5.74) is -5.71. The van der Waals surface area contributed by atoms with Gasteiger partial charge in [-0.25, -0.2) is 0 Å². The van der Waals surface area contributed by atoms with E-state index in [2.05, 4.69) is 5.92 Å². The maximum Gasteiger partial charge on any atom is 0.517 e. The molecule has 0 aliphatic rings. The number of carbonyl (C=O) groups excluding carboxylic acids is 1. The minimum absolute atomic E-state index is 0.344. The van der Waals surface area contributed by atoms with Crippen LogP contribution in [0.5, 0.6) is 0 Å². The molecule has 8 heteroatoms. The smallest absolute Gasteiger partial charge is 0.258 e. The highest BCUT2D eigenvalue weighted by atomic mass is 32.2. The Bertz CT molecular complexity index is 883. The summed E-state index contributed by atoms with van der Waals surface area (Å²) in [6.45, 7) is 0. The first-order valence-electron chi connectivity index (χ1n) is 6.51. The van der Waals surface area contributed by atoms with Gasteiger partial charge >= 0.3 is 21.4 Å². The number of halogens is 3. The second-order valence-electron chi connectivity index (χ2n) is 4.47. The molecule has 0 aromatic heterocycles. The van der Waals surface area contributed by atoms with Gasteiger partial charge < -0.3 is 0 Å². The van der Waals surface area contributed by atoms with Crippen molar-refractivity contribution >= 4 is 21.6 Å². The SMILES string of the molecule is O=C(C#Cc1ccccc1)N(c1ccccc1)S(=O)(=O)C(F)(F)F. The van der Waals surface area contributed by atoms with Crippen molar-refractivity contribution in [3.05, 3.63) is 66.2 Å². The van der Waals surface area contributed by atoms with Crippen LogP contribution in [0, 0.1) is 11.8 Å². The molecule has 0 spiro atoms. The van der Waals surface area contributed by atoms with Gasteiger partial charge in [-0.1, -0.05) is 42.3 Å². The molecule has 0 aliphatic carbocycles. The van der Waals surface area contributed by atoms with Gasteiger partial charge in [0.1, 0.15) is 0 Å². The van der Waals surface area contributed by atoms with E-state index in [4.69, 9.17) is 0 Å². The van der Waals surface area contributed by atoms with E-state index in [9.17, 15) is 26.4 Å². The first-order valence-corrected chi connectivity index (χ1v) is 7.95. The molecule has 2 rings (SSSR count). The van der Waals surface area contributed by atoms with Crippen molar-refractivity contribution in [2.45, 2.75) is 5.51 Å². The lowest BCUT2D eigenvalue weighted by molar-refractivity contribution is -0.112. The molecule has 0 saturated carbocycles. The van der Waals surface area contributed by atoms with E-state index >= 15 is 0 Å². The van der Waals surface area contributed by atoms with Gasteiger partial charge in [-0.05, 0) is 24.3 Å². The highest BCUT2D eigenvalue weighted by molar-refractivity contribution is 7.94. The second-order valence-corrected chi connectivity index (χ2v) is 6.25. The lowest BCUT2D eigenvalue weighted by Gasteiger charge is -2.21. The zero-order chi connectivity index (χ0) is 17.8. The molecule has 0 radical (unpaired) electrons. The van der Waals surface area contributed by atoms with E-state index in [1.54, 1.807) is 18.2 Å². The summed E-state index contributed by atoms with van der Waals surface area (Å²) in [6.07, 6.45) is 0. The summed E-state index contributed by atoms with van der Waals surface area (Å²) < 4.78 is 61.7. The molecule has 0 atom stereocenters. The molecule has 0 N–H and O–H groups in total. The predicted octanol–water partition coefficient (Wildman–Crippen LogP) is 2.92. The van der Waals surface area contributed by atoms with Crippen LogP contribution in [-0.2, 0) is 14.8 Å². The van der Waals surface area contributed by atoms with Gasteiger partial charge in [0.25, 0.3) is 0 Å². The topological polar surface area (TPSA) is 54.5 Å². The number of nitrogens with zero attached hydrogens (tertiary/aromatic N) is 1. The van der Waals surface area contributed by atoms with Gasteiger partial charge in [0.2, 0.25) is 0 Å². The molecular formula is C16H10F3NO3S. The number of alkyl halides is 3. The molecular weight excluding hydrogens is 343 g/mol. The number of hydrogen-bond acceptors (Lipinski definition) is 3. The Kier molecular flexibility index (Phi) is 4.95. The van der Waals surface area contributed by atoms with E-state index in [0.29, 0.717) is 5.56 Å². The maximum absolute atomic E-state index is 12.9. The lowest BCUT2D eigenvalue weighted by Crippen LogP contribution is -2.44. The first-order chi connectivity index (χ1) is 11.2. The minimum atomic E-state index is -5.91. The molecule has 2 aromatic carbocycles. The Morgan fingerprint density at radius 2 is 1.42 bits per heavy atom. The summed E-state index contributed by atoms with van der Waals surface area (Å²) >= 11 is 0. The quantitative estimate of drug-likeness (QED) is 0.780. The molecule has 2 aromatic rings. The summed E-state index contributed by atoms with van der Waals surface area (Å²) in [5.74, 6) is 2.78. The molecule has 4 nitrogen and oxygen atoms in total. The Morgan fingerprint density at radius 3 is 1.92 bits per heavy atom. The van der Waals surface area contributed by atoms with Gasteiger partial charge in [-0.15, -0.1) is 0 Å². The fourth-order valence-corrected chi connectivity index (χ4v) is 2.60. The van der Waals surface area contributed by atoms with E-state index in [1.807, 2.05) is 5.92 Å². The number of para-hydroxylation sites is 1. The average Bonchev–Trinajstić information content (AvgIpc) is 2.54. The number of rotatable bonds is 2. The van der Waals surface area contributed by atoms with Crippen molar-refractivity contribution in [3.63, 3.8) is 0 Å². The van der Waals surface area contributed by atoms with Crippen LogP contribution < -0.4 is 4.31 Å². The van der Waals surface area contributed by atoms with Crippen LogP contribution in [0.4, 0.5) is 18.9 Å². The highest BCUT2D eigenvalue weighted by Gasteiger charge is 2.52. The second kappa shape index (κ2) is 6.76. The fraction of sp³-hybridized carbons (Fsp3) is 0.0625. The lowest BCUT2D eigenvalue weighted by atomic mass is 10.2. The molecule has 0 aliphatic heterocycles. The zero-order valence-electron chi connectivity index (χ0n) is 12.0. The third-order valence-electron chi connectivity index (χ3n) is 2.80. The van der Waals surface area contributed by atoms with Crippen molar-refractivity contribution < 1.29 is 26.4 Å². The van der Waals surface area contributed by atoms with Gasteiger partial charge in [0.15, 0.2) is 0 Å². The van der Waals surface area contributed by atoms with Gasteiger partial charge in [0, 0.05) is 11.5 Å². The number of carbonyl (C=O) groups is 1. The molecule has 0 bridgehead atoms. The standard InChI is InChI=1S/C16H10F3NO3S/c17-16(18,19)24(22,23)20(14-9-5-2-6-10-14)15(21)12-11-13-7-3-1-4-8-13/h1-10H. The predicted molar refractivity (Wildman–Crippen MR) is 82.2 cm³/mol. The van der Waals surface area contributed by atoms with Crippen molar-refractivity contribution in [1.82, 2.24) is 0 Å². The zero-order valence-corrected chi connectivity index (χ0v) is 12.8. The largest absolute Gasteiger partial charge is 0.517 e. The van der Waals surface area contributed by atoms with Crippen LogP contribution >= 0.6 is 0 Å². The van der Waals surface area contributed by atoms with Crippen LogP contribution in [0.25, 0.3) is 0 Å². The molecule has 0 unspecified atom stereocenters. The van der Waals surface area contributed by atoms with Crippen LogP contribution in [0.15, 0.2) is 60.7 Å². The van der Waals surface area contributed by atoms with Crippen molar-refractivity contribution in [2.75, 3.05) is 4.31 Å². The monoisotopic (exact) mass is 353 g/mol. The van der Waals surface area contributed by atoms with Crippen molar-refractivity contribution in [3.8, 4) is 11.8 Å². The number of hydrogen-bond donors (Lipinski definition) is 0. The van der Waals surface area contributed by atoms with Crippen LogP contribution in [0.1, 0.15) is 5.56 Å². The number of anilines is 1. The highest BCUT2D eigenvalue weighted by Crippen LogP contribution is 2.30.